The quantitative estimate of drug-likeness (QED) is 0.883. The molecule has 2 heterocycles. The van der Waals surface area contributed by atoms with E-state index in [2.05, 4.69) is 15.3 Å². The van der Waals surface area contributed by atoms with Crippen LogP contribution in [0.3, 0.4) is 0 Å². The molecule has 0 radical (unpaired) electrons. The molecule has 2 N–H and O–H groups in total. The Bertz CT molecular complexity index is 746. The molecule has 1 fully saturated rings. The average molecular weight is 325 g/mol. The summed E-state index contributed by atoms with van der Waals surface area (Å²) in [4.78, 5) is 21.3. The Morgan fingerprint density at radius 1 is 1.50 bits per heavy atom. The zero-order valence-corrected chi connectivity index (χ0v) is 13.1. The predicted molar refractivity (Wildman–Crippen MR) is 85.0 cm³/mol. The maximum atomic E-state index is 14.3. The van der Waals surface area contributed by atoms with Crippen LogP contribution in [-0.2, 0) is 6.54 Å². The van der Waals surface area contributed by atoms with Crippen molar-refractivity contribution in [3.63, 3.8) is 0 Å². The molecule has 2 aromatic rings. The number of nitrogens with zero attached hydrogens (tertiary/aromatic N) is 2. The molecule has 0 bridgehead atoms. The van der Waals surface area contributed by atoms with Crippen molar-refractivity contribution in [1.29, 1.82) is 0 Å². The van der Waals surface area contributed by atoms with Gasteiger partial charge in [0.2, 0.25) is 0 Å². The minimum atomic E-state index is -1.29. The lowest BCUT2D eigenvalue weighted by molar-refractivity contribution is 0.124. The summed E-state index contributed by atoms with van der Waals surface area (Å²) in [6, 6.07) is 4.98. The summed E-state index contributed by atoms with van der Waals surface area (Å²) in [6.45, 7) is 4.03. The van der Waals surface area contributed by atoms with Gasteiger partial charge in [-0.1, -0.05) is 11.6 Å². The molecule has 1 aliphatic heterocycles. The van der Waals surface area contributed by atoms with Gasteiger partial charge in [0.15, 0.2) is 0 Å². The van der Waals surface area contributed by atoms with Crippen molar-refractivity contribution in [2.75, 3.05) is 26.2 Å². The third-order valence-corrected chi connectivity index (χ3v) is 3.98. The number of rotatable bonds is 2. The van der Waals surface area contributed by atoms with E-state index in [1.165, 1.54) is 0 Å². The summed E-state index contributed by atoms with van der Waals surface area (Å²) in [5.74, 6) is 0.525. The van der Waals surface area contributed by atoms with Crippen LogP contribution in [0.2, 0.25) is 5.02 Å². The van der Waals surface area contributed by atoms with Gasteiger partial charge < -0.3 is 10.3 Å². The Morgan fingerprint density at radius 3 is 3.14 bits per heavy atom. The minimum absolute atomic E-state index is 0.201. The molecule has 1 aromatic heterocycles. The number of H-pyrrole nitrogens is 1. The maximum Gasteiger partial charge on any atom is 0.258 e. The smallest absolute Gasteiger partial charge is 0.258 e. The van der Waals surface area contributed by atoms with E-state index in [0.29, 0.717) is 54.5 Å². The molecule has 22 heavy (non-hydrogen) atoms. The van der Waals surface area contributed by atoms with Gasteiger partial charge in [0.1, 0.15) is 11.5 Å². The van der Waals surface area contributed by atoms with E-state index in [4.69, 9.17) is 11.6 Å². The van der Waals surface area contributed by atoms with E-state index in [9.17, 15) is 9.18 Å². The normalized spacial score (nSPS) is 23.6. The van der Waals surface area contributed by atoms with Gasteiger partial charge in [-0.3, -0.25) is 9.69 Å². The fourth-order valence-corrected chi connectivity index (χ4v) is 2.94. The fourth-order valence-electron chi connectivity index (χ4n) is 2.77. The number of hydrogen-bond donors (Lipinski definition) is 2. The van der Waals surface area contributed by atoms with E-state index >= 15 is 0 Å². The lowest BCUT2D eigenvalue weighted by Crippen LogP contribution is -2.39. The molecule has 118 valence electrons. The second kappa shape index (κ2) is 5.95. The molecule has 1 atom stereocenters. The SMILES string of the molecule is CC1(F)CNCCN(Cc2nc3cc(Cl)ccc3c(=O)[nH]2)C1. The molecule has 3 rings (SSSR count). The molecular formula is C15H18ClFN4O. The first-order valence-corrected chi connectivity index (χ1v) is 7.61. The monoisotopic (exact) mass is 324 g/mol. The topological polar surface area (TPSA) is 61.0 Å². The number of aromatic amines is 1. The summed E-state index contributed by atoms with van der Waals surface area (Å²) < 4.78 is 14.3. The Labute approximate surface area is 132 Å². The van der Waals surface area contributed by atoms with Crippen LogP contribution in [0.15, 0.2) is 23.0 Å². The number of nitrogens with one attached hydrogen (secondary N) is 2. The highest BCUT2D eigenvalue weighted by Crippen LogP contribution is 2.17. The van der Waals surface area contributed by atoms with Crippen molar-refractivity contribution in [2.45, 2.75) is 19.1 Å². The van der Waals surface area contributed by atoms with Gasteiger partial charge >= 0.3 is 0 Å². The van der Waals surface area contributed by atoms with E-state index in [0.717, 1.165) is 0 Å². The van der Waals surface area contributed by atoms with E-state index in [1.807, 2.05) is 4.90 Å². The van der Waals surface area contributed by atoms with Crippen molar-refractivity contribution >= 4 is 22.5 Å². The molecule has 7 heteroatoms. The highest BCUT2D eigenvalue weighted by Gasteiger charge is 2.28. The molecule has 0 aliphatic carbocycles. The van der Waals surface area contributed by atoms with E-state index in [1.54, 1.807) is 25.1 Å². The summed E-state index contributed by atoms with van der Waals surface area (Å²) in [5.41, 5.74) is -0.938. The van der Waals surface area contributed by atoms with E-state index < -0.39 is 5.67 Å². The van der Waals surface area contributed by atoms with Gasteiger partial charge in [0.05, 0.1) is 17.4 Å². The van der Waals surface area contributed by atoms with Crippen LogP contribution in [0.1, 0.15) is 12.7 Å². The van der Waals surface area contributed by atoms with Gasteiger partial charge in [-0.05, 0) is 25.1 Å². The van der Waals surface area contributed by atoms with Gasteiger partial charge in [-0.15, -0.1) is 0 Å². The number of fused-ring (bicyclic) bond motifs is 1. The van der Waals surface area contributed by atoms with Crippen molar-refractivity contribution in [3.8, 4) is 0 Å². The van der Waals surface area contributed by atoms with Gasteiger partial charge in [-0.2, -0.15) is 0 Å². The number of benzene rings is 1. The molecule has 1 aromatic carbocycles. The number of halogens is 2. The molecule has 1 unspecified atom stereocenters. The predicted octanol–water partition coefficient (Wildman–Crippen LogP) is 1.71. The lowest BCUT2D eigenvalue weighted by Gasteiger charge is -2.25. The maximum absolute atomic E-state index is 14.3. The first-order valence-electron chi connectivity index (χ1n) is 7.23. The summed E-state index contributed by atoms with van der Waals surface area (Å²) in [7, 11) is 0. The highest BCUT2D eigenvalue weighted by molar-refractivity contribution is 6.31. The molecule has 1 saturated heterocycles. The lowest BCUT2D eigenvalue weighted by atomic mass is 10.1. The number of aromatic nitrogens is 2. The second-order valence-electron chi connectivity index (χ2n) is 5.97. The van der Waals surface area contributed by atoms with Crippen molar-refractivity contribution in [1.82, 2.24) is 20.2 Å². The third kappa shape index (κ3) is 3.45. The summed E-state index contributed by atoms with van der Waals surface area (Å²) in [6.07, 6.45) is 0. The molecule has 0 amide bonds. The summed E-state index contributed by atoms with van der Waals surface area (Å²) in [5, 5.41) is 4.11. The average Bonchev–Trinajstić information content (AvgIpc) is 2.58. The van der Waals surface area contributed by atoms with Crippen molar-refractivity contribution in [3.05, 3.63) is 39.4 Å². The van der Waals surface area contributed by atoms with Crippen LogP contribution in [0.5, 0.6) is 0 Å². The van der Waals surface area contributed by atoms with Crippen LogP contribution in [-0.4, -0.2) is 46.7 Å². The Hall–Kier alpha value is -1.50. The Balaban J connectivity index is 1.88. The first-order chi connectivity index (χ1) is 10.4. The number of alkyl halides is 1. The minimum Gasteiger partial charge on any atom is -0.312 e. The van der Waals surface area contributed by atoms with Gasteiger partial charge in [-0.25, -0.2) is 9.37 Å². The zero-order valence-electron chi connectivity index (χ0n) is 12.3. The highest BCUT2D eigenvalue weighted by atomic mass is 35.5. The van der Waals surface area contributed by atoms with Crippen molar-refractivity contribution < 1.29 is 4.39 Å². The zero-order chi connectivity index (χ0) is 15.7. The number of hydrogen-bond acceptors (Lipinski definition) is 4. The van der Waals surface area contributed by atoms with Gasteiger partial charge in [0, 0.05) is 31.2 Å². The Kier molecular flexibility index (Phi) is 4.16. The van der Waals surface area contributed by atoms with E-state index in [-0.39, 0.29) is 5.56 Å². The third-order valence-electron chi connectivity index (χ3n) is 3.74. The van der Waals surface area contributed by atoms with Crippen LogP contribution in [0.25, 0.3) is 10.9 Å². The van der Waals surface area contributed by atoms with Crippen LogP contribution < -0.4 is 10.9 Å². The van der Waals surface area contributed by atoms with Gasteiger partial charge in [0.25, 0.3) is 5.56 Å². The largest absolute Gasteiger partial charge is 0.312 e. The molecule has 1 aliphatic rings. The van der Waals surface area contributed by atoms with Crippen LogP contribution in [0.4, 0.5) is 4.39 Å². The molecule has 5 nitrogen and oxygen atoms in total. The second-order valence-corrected chi connectivity index (χ2v) is 6.41. The van der Waals surface area contributed by atoms with Crippen molar-refractivity contribution in [2.24, 2.45) is 0 Å². The Morgan fingerprint density at radius 2 is 2.32 bits per heavy atom. The molecular weight excluding hydrogens is 307 g/mol. The molecule has 0 saturated carbocycles. The standard InChI is InChI=1S/C15H18ClFN4O/c1-15(17)8-18-4-5-21(9-15)7-13-19-12-6-10(16)2-3-11(12)14(22)20-13/h2-3,6,18H,4-5,7-9H2,1H3,(H,19,20,22). The first kappa shape index (κ1) is 15.4. The molecule has 0 spiro atoms. The summed E-state index contributed by atoms with van der Waals surface area (Å²) >= 11 is 5.95. The fraction of sp³-hybridized carbons (Fsp3) is 0.467. The van der Waals surface area contributed by atoms with Crippen LogP contribution in [0, 0.1) is 0 Å². The van der Waals surface area contributed by atoms with Crippen LogP contribution >= 0.6 is 11.6 Å².